The van der Waals surface area contributed by atoms with E-state index in [1.54, 1.807) is 0 Å². The minimum atomic E-state index is -0.376. The largest absolute Gasteiger partial charge is 0.391 e. The van der Waals surface area contributed by atoms with Gasteiger partial charge in [0.2, 0.25) is 0 Å². The number of aromatic nitrogens is 2. The zero-order chi connectivity index (χ0) is 14.4. The number of anilines is 2. The van der Waals surface area contributed by atoms with Gasteiger partial charge in [-0.15, -0.1) is 0 Å². The Balaban J connectivity index is 2.75. The van der Waals surface area contributed by atoms with E-state index in [1.165, 1.54) is 0 Å². The van der Waals surface area contributed by atoms with Crippen LogP contribution in [0.4, 0.5) is 11.6 Å². The quantitative estimate of drug-likeness (QED) is 0.442. The first-order chi connectivity index (χ1) is 9.03. The molecule has 1 rings (SSSR count). The van der Waals surface area contributed by atoms with Gasteiger partial charge in [-0.1, -0.05) is 26.7 Å². The van der Waals surface area contributed by atoms with E-state index >= 15 is 0 Å². The fourth-order valence-corrected chi connectivity index (χ4v) is 2.14. The number of nitrogens with one attached hydrogen (secondary N) is 2. The van der Waals surface area contributed by atoms with Crippen molar-refractivity contribution in [2.24, 2.45) is 11.8 Å². The normalized spacial score (nSPS) is 12.6. The maximum absolute atomic E-state index is 10.1. The minimum Gasteiger partial charge on any atom is -0.391 e. The Morgan fingerprint density at radius 1 is 1.16 bits per heavy atom. The van der Waals surface area contributed by atoms with Crippen molar-refractivity contribution in [3.63, 3.8) is 0 Å². The first-order valence-electron chi connectivity index (χ1n) is 6.77. The van der Waals surface area contributed by atoms with E-state index in [9.17, 15) is 5.11 Å². The molecule has 1 atom stereocenters. The number of hydrogen-bond donors (Lipinski definition) is 4. The topological polar surface area (TPSA) is 96.1 Å². The van der Waals surface area contributed by atoms with Gasteiger partial charge in [-0.25, -0.2) is 15.8 Å². The summed E-state index contributed by atoms with van der Waals surface area (Å²) in [7, 11) is 0. The molecule has 19 heavy (non-hydrogen) atoms. The minimum absolute atomic E-state index is 0.308. The number of aryl methyl sites for hydroxylation is 1. The van der Waals surface area contributed by atoms with Crippen molar-refractivity contribution in [2.75, 3.05) is 17.3 Å². The number of nitrogens with zero attached hydrogens (tertiary/aromatic N) is 2. The maximum atomic E-state index is 10.1. The lowest BCUT2D eigenvalue weighted by Crippen LogP contribution is -2.28. The van der Waals surface area contributed by atoms with Crippen LogP contribution >= 0.6 is 0 Å². The molecule has 0 aliphatic rings. The van der Waals surface area contributed by atoms with E-state index in [2.05, 4.69) is 34.6 Å². The van der Waals surface area contributed by atoms with E-state index in [4.69, 9.17) is 5.84 Å². The average Bonchev–Trinajstić information content (AvgIpc) is 2.40. The van der Waals surface area contributed by atoms with Crippen molar-refractivity contribution >= 4 is 11.6 Å². The van der Waals surface area contributed by atoms with Gasteiger partial charge in [0, 0.05) is 12.1 Å². The molecule has 0 spiro atoms. The van der Waals surface area contributed by atoms with Gasteiger partial charge < -0.3 is 15.8 Å². The Bertz CT molecular complexity index is 406. The molecule has 0 aliphatic heterocycles. The van der Waals surface area contributed by atoms with Gasteiger partial charge in [0.05, 0.1) is 6.10 Å². The molecule has 0 bridgehead atoms. The molecule has 0 aliphatic carbocycles. The number of aliphatic hydroxyl groups excluding tert-OH is 1. The van der Waals surface area contributed by atoms with Crippen molar-refractivity contribution in [1.82, 2.24) is 9.97 Å². The molecule has 0 saturated carbocycles. The van der Waals surface area contributed by atoms with Gasteiger partial charge in [-0.3, -0.25) is 0 Å². The molecule has 0 saturated heterocycles. The van der Waals surface area contributed by atoms with E-state index in [1.807, 2.05) is 13.8 Å². The third-order valence-electron chi connectivity index (χ3n) is 3.47. The Hall–Kier alpha value is -1.40. The molecule has 0 amide bonds. The average molecular weight is 267 g/mol. The zero-order valence-electron chi connectivity index (χ0n) is 12.2. The number of aliphatic hydroxyl groups is 1. The summed E-state index contributed by atoms with van der Waals surface area (Å²) in [6.07, 6.45) is 1.56. The summed E-state index contributed by atoms with van der Waals surface area (Å²) < 4.78 is 0. The summed E-state index contributed by atoms with van der Waals surface area (Å²) in [4.78, 5) is 8.53. The van der Waals surface area contributed by atoms with E-state index in [-0.39, 0.29) is 6.10 Å². The lowest BCUT2D eigenvalue weighted by Gasteiger charge is -2.21. The number of hydrazine groups is 1. The fourth-order valence-electron chi connectivity index (χ4n) is 2.14. The highest BCUT2D eigenvalue weighted by atomic mass is 16.3. The van der Waals surface area contributed by atoms with E-state index in [0.717, 1.165) is 18.4 Å². The molecule has 0 radical (unpaired) electrons. The molecule has 108 valence electrons. The van der Waals surface area contributed by atoms with Crippen LogP contribution in [0, 0.1) is 19.8 Å². The van der Waals surface area contributed by atoms with Gasteiger partial charge in [0.15, 0.2) is 0 Å². The maximum Gasteiger partial charge on any atom is 0.148 e. The standard InChI is InChI=1S/C13H25N5O/c1-5-10(6-2)11(19)7-15-12-8(3)13(18-14)17-9(4)16-12/h10-11,19H,5-7,14H2,1-4H3,(H2,15,16,17,18). The monoisotopic (exact) mass is 267 g/mol. The van der Waals surface area contributed by atoms with Gasteiger partial charge in [0.1, 0.15) is 17.5 Å². The molecule has 1 aromatic rings. The van der Waals surface area contributed by atoms with Crippen LogP contribution in [0.5, 0.6) is 0 Å². The highest BCUT2D eigenvalue weighted by molar-refractivity contribution is 5.56. The van der Waals surface area contributed by atoms with Gasteiger partial charge in [-0.05, 0) is 19.8 Å². The lowest BCUT2D eigenvalue weighted by atomic mass is 9.96. The van der Waals surface area contributed by atoms with Crippen molar-refractivity contribution in [3.8, 4) is 0 Å². The van der Waals surface area contributed by atoms with Crippen molar-refractivity contribution < 1.29 is 5.11 Å². The predicted molar refractivity (Wildman–Crippen MR) is 77.9 cm³/mol. The van der Waals surface area contributed by atoms with Crippen LogP contribution in [0.25, 0.3) is 0 Å². The van der Waals surface area contributed by atoms with Crippen LogP contribution in [0.3, 0.4) is 0 Å². The van der Waals surface area contributed by atoms with Gasteiger partial charge >= 0.3 is 0 Å². The summed E-state index contributed by atoms with van der Waals surface area (Å²) in [5.41, 5.74) is 3.41. The predicted octanol–water partition coefficient (Wildman–Crippen LogP) is 1.59. The third kappa shape index (κ3) is 4.04. The lowest BCUT2D eigenvalue weighted by molar-refractivity contribution is 0.114. The Morgan fingerprint density at radius 2 is 1.74 bits per heavy atom. The molecule has 0 fully saturated rings. The second kappa shape index (κ2) is 7.25. The summed E-state index contributed by atoms with van der Waals surface area (Å²) in [6, 6.07) is 0. The van der Waals surface area contributed by atoms with Crippen LogP contribution in [0.1, 0.15) is 38.1 Å². The Kier molecular flexibility index (Phi) is 5.98. The first-order valence-corrected chi connectivity index (χ1v) is 6.77. The molecule has 0 aromatic carbocycles. The molecule has 5 N–H and O–H groups in total. The molecular formula is C13H25N5O. The van der Waals surface area contributed by atoms with Crippen molar-refractivity contribution in [3.05, 3.63) is 11.4 Å². The highest BCUT2D eigenvalue weighted by Crippen LogP contribution is 2.20. The number of hydrogen-bond acceptors (Lipinski definition) is 6. The molecule has 6 heteroatoms. The number of nitrogens with two attached hydrogens (primary N) is 1. The van der Waals surface area contributed by atoms with E-state index < -0.39 is 0 Å². The molecule has 1 unspecified atom stereocenters. The summed E-state index contributed by atoms with van der Waals surface area (Å²) in [6.45, 7) is 8.36. The molecule has 1 heterocycles. The summed E-state index contributed by atoms with van der Waals surface area (Å²) in [5, 5.41) is 13.3. The third-order valence-corrected chi connectivity index (χ3v) is 3.47. The van der Waals surface area contributed by atoms with Crippen LogP contribution in [0.15, 0.2) is 0 Å². The molecular weight excluding hydrogens is 242 g/mol. The second-order valence-electron chi connectivity index (χ2n) is 4.76. The zero-order valence-corrected chi connectivity index (χ0v) is 12.2. The number of nitrogen functional groups attached to an aromatic ring is 1. The highest BCUT2D eigenvalue weighted by Gasteiger charge is 2.16. The Labute approximate surface area is 114 Å². The van der Waals surface area contributed by atoms with Crippen molar-refractivity contribution in [2.45, 2.75) is 46.6 Å². The second-order valence-corrected chi connectivity index (χ2v) is 4.76. The smallest absolute Gasteiger partial charge is 0.148 e. The number of rotatable bonds is 7. The fraction of sp³-hybridized carbons (Fsp3) is 0.692. The van der Waals surface area contributed by atoms with Crippen LogP contribution in [0.2, 0.25) is 0 Å². The van der Waals surface area contributed by atoms with Crippen LogP contribution < -0.4 is 16.6 Å². The molecule has 6 nitrogen and oxygen atoms in total. The Morgan fingerprint density at radius 3 is 2.26 bits per heavy atom. The first kappa shape index (κ1) is 15.7. The molecule has 1 aromatic heterocycles. The van der Waals surface area contributed by atoms with Crippen LogP contribution in [-0.4, -0.2) is 27.7 Å². The van der Waals surface area contributed by atoms with Gasteiger partial charge in [-0.2, -0.15) is 0 Å². The van der Waals surface area contributed by atoms with Crippen molar-refractivity contribution in [1.29, 1.82) is 0 Å². The summed E-state index contributed by atoms with van der Waals surface area (Å²) in [5.74, 6) is 7.68. The SMILES string of the molecule is CCC(CC)C(O)CNc1nc(C)nc(NN)c1C. The summed E-state index contributed by atoms with van der Waals surface area (Å²) >= 11 is 0. The van der Waals surface area contributed by atoms with E-state index in [0.29, 0.717) is 29.9 Å². The van der Waals surface area contributed by atoms with Gasteiger partial charge in [0.25, 0.3) is 0 Å². The van der Waals surface area contributed by atoms with Crippen LogP contribution in [-0.2, 0) is 0 Å².